The van der Waals surface area contributed by atoms with Gasteiger partial charge in [0.05, 0.1) is 11.6 Å². The standard InChI is InChI=1S/C17H17FN2/c1-12-3-8-17(18)9-16(12)11-20-13(2)15-6-4-14(10-19)5-7-15/h3-9,13,20H,11H2,1-2H3. The van der Waals surface area contributed by atoms with Gasteiger partial charge in [-0.05, 0) is 54.8 Å². The molecule has 1 unspecified atom stereocenters. The summed E-state index contributed by atoms with van der Waals surface area (Å²) in [5, 5.41) is 12.1. The predicted octanol–water partition coefficient (Wildman–Crippen LogP) is 3.86. The second-order valence-electron chi connectivity index (χ2n) is 4.91. The maximum absolute atomic E-state index is 13.2. The van der Waals surface area contributed by atoms with Gasteiger partial charge in [-0.1, -0.05) is 18.2 Å². The van der Waals surface area contributed by atoms with Crippen LogP contribution in [0.5, 0.6) is 0 Å². The SMILES string of the molecule is Cc1ccc(F)cc1CNC(C)c1ccc(C#N)cc1. The van der Waals surface area contributed by atoms with Crippen molar-refractivity contribution in [3.05, 3.63) is 70.5 Å². The number of nitrogens with one attached hydrogen (secondary N) is 1. The summed E-state index contributed by atoms with van der Waals surface area (Å²) in [4.78, 5) is 0. The van der Waals surface area contributed by atoms with Crippen molar-refractivity contribution >= 4 is 0 Å². The molecule has 20 heavy (non-hydrogen) atoms. The molecule has 0 saturated heterocycles. The van der Waals surface area contributed by atoms with Gasteiger partial charge in [0.1, 0.15) is 5.82 Å². The molecule has 0 bridgehead atoms. The number of nitriles is 1. The van der Waals surface area contributed by atoms with Gasteiger partial charge in [-0.15, -0.1) is 0 Å². The number of rotatable bonds is 4. The van der Waals surface area contributed by atoms with E-state index in [1.807, 2.05) is 19.1 Å². The third-order valence-electron chi connectivity index (χ3n) is 3.45. The molecular weight excluding hydrogens is 251 g/mol. The zero-order chi connectivity index (χ0) is 14.5. The van der Waals surface area contributed by atoms with Gasteiger partial charge in [-0.3, -0.25) is 0 Å². The Kier molecular flexibility index (Phi) is 4.49. The zero-order valence-electron chi connectivity index (χ0n) is 11.7. The number of nitrogens with zero attached hydrogens (tertiary/aromatic N) is 1. The summed E-state index contributed by atoms with van der Waals surface area (Å²) in [5.41, 5.74) is 3.80. The van der Waals surface area contributed by atoms with E-state index in [1.165, 1.54) is 6.07 Å². The lowest BCUT2D eigenvalue weighted by Crippen LogP contribution is -2.18. The highest BCUT2D eigenvalue weighted by atomic mass is 19.1. The minimum Gasteiger partial charge on any atom is -0.306 e. The monoisotopic (exact) mass is 268 g/mol. The largest absolute Gasteiger partial charge is 0.306 e. The third kappa shape index (κ3) is 3.43. The van der Waals surface area contributed by atoms with Crippen LogP contribution in [-0.2, 0) is 6.54 Å². The van der Waals surface area contributed by atoms with Crippen LogP contribution in [0.4, 0.5) is 4.39 Å². The van der Waals surface area contributed by atoms with Gasteiger partial charge in [0.15, 0.2) is 0 Å². The Morgan fingerprint density at radius 2 is 1.90 bits per heavy atom. The van der Waals surface area contributed by atoms with Gasteiger partial charge in [-0.2, -0.15) is 5.26 Å². The Morgan fingerprint density at radius 3 is 2.55 bits per heavy atom. The van der Waals surface area contributed by atoms with Gasteiger partial charge in [-0.25, -0.2) is 4.39 Å². The second-order valence-corrected chi connectivity index (χ2v) is 4.91. The molecule has 0 amide bonds. The van der Waals surface area contributed by atoms with Crippen molar-refractivity contribution < 1.29 is 4.39 Å². The van der Waals surface area contributed by atoms with Crippen molar-refractivity contribution in [1.29, 1.82) is 5.26 Å². The summed E-state index contributed by atoms with van der Waals surface area (Å²) < 4.78 is 13.2. The van der Waals surface area contributed by atoms with E-state index < -0.39 is 0 Å². The quantitative estimate of drug-likeness (QED) is 0.914. The normalized spacial score (nSPS) is 11.9. The highest BCUT2D eigenvalue weighted by molar-refractivity contribution is 5.33. The fourth-order valence-electron chi connectivity index (χ4n) is 2.06. The lowest BCUT2D eigenvalue weighted by molar-refractivity contribution is 0.567. The van der Waals surface area contributed by atoms with E-state index in [1.54, 1.807) is 24.3 Å². The summed E-state index contributed by atoms with van der Waals surface area (Å²) in [6, 6.07) is 14.6. The predicted molar refractivity (Wildman–Crippen MR) is 77.5 cm³/mol. The summed E-state index contributed by atoms with van der Waals surface area (Å²) >= 11 is 0. The maximum atomic E-state index is 13.2. The van der Waals surface area contributed by atoms with Crippen LogP contribution in [0.25, 0.3) is 0 Å². The average Bonchev–Trinajstić information content (AvgIpc) is 2.48. The molecule has 0 aliphatic heterocycles. The van der Waals surface area contributed by atoms with Crippen LogP contribution < -0.4 is 5.32 Å². The number of aryl methyl sites for hydroxylation is 1. The highest BCUT2D eigenvalue weighted by Gasteiger charge is 2.06. The van der Waals surface area contributed by atoms with Crippen molar-refractivity contribution in [1.82, 2.24) is 5.32 Å². The number of halogens is 1. The second kappa shape index (κ2) is 6.31. The fourth-order valence-corrected chi connectivity index (χ4v) is 2.06. The van der Waals surface area contributed by atoms with Crippen molar-refractivity contribution in [2.24, 2.45) is 0 Å². The van der Waals surface area contributed by atoms with E-state index in [0.717, 1.165) is 16.7 Å². The fraction of sp³-hybridized carbons (Fsp3) is 0.235. The van der Waals surface area contributed by atoms with Crippen LogP contribution in [0.3, 0.4) is 0 Å². The Balaban J connectivity index is 2.02. The topological polar surface area (TPSA) is 35.8 Å². The Hall–Kier alpha value is -2.18. The molecule has 0 aromatic heterocycles. The van der Waals surface area contributed by atoms with Gasteiger partial charge >= 0.3 is 0 Å². The molecule has 2 nitrogen and oxygen atoms in total. The van der Waals surface area contributed by atoms with Crippen molar-refractivity contribution in [3.63, 3.8) is 0 Å². The molecule has 0 heterocycles. The Bertz CT molecular complexity index is 626. The van der Waals surface area contributed by atoms with Crippen molar-refractivity contribution in [2.45, 2.75) is 26.4 Å². The molecule has 3 heteroatoms. The van der Waals surface area contributed by atoms with E-state index in [0.29, 0.717) is 12.1 Å². The highest BCUT2D eigenvalue weighted by Crippen LogP contribution is 2.15. The van der Waals surface area contributed by atoms with Gasteiger partial charge in [0.2, 0.25) is 0 Å². The van der Waals surface area contributed by atoms with Gasteiger partial charge in [0, 0.05) is 12.6 Å². The summed E-state index contributed by atoms with van der Waals surface area (Å²) in [5.74, 6) is -0.210. The first-order valence-electron chi connectivity index (χ1n) is 6.58. The first kappa shape index (κ1) is 14.2. The van der Waals surface area contributed by atoms with Crippen LogP contribution >= 0.6 is 0 Å². The smallest absolute Gasteiger partial charge is 0.123 e. The minimum absolute atomic E-state index is 0.144. The average molecular weight is 268 g/mol. The van der Waals surface area contributed by atoms with Crippen LogP contribution in [0.15, 0.2) is 42.5 Å². The van der Waals surface area contributed by atoms with Crippen LogP contribution in [-0.4, -0.2) is 0 Å². The van der Waals surface area contributed by atoms with Crippen molar-refractivity contribution in [3.8, 4) is 6.07 Å². The van der Waals surface area contributed by atoms with Gasteiger partial charge < -0.3 is 5.32 Å². The summed E-state index contributed by atoms with van der Waals surface area (Å²) in [7, 11) is 0. The summed E-state index contributed by atoms with van der Waals surface area (Å²) in [6.07, 6.45) is 0. The van der Waals surface area contributed by atoms with Crippen LogP contribution in [0.1, 0.15) is 35.2 Å². The molecule has 0 radical (unpaired) electrons. The molecule has 0 spiro atoms. The molecule has 1 atom stereocenters. The molecular formula is C17H17FN2. The molecule has 2 rings (SSSR count). The molecule has 0 fully saturated rings. The van der Waals surface area contributed by atoms with E-state index >= 15 is 0 Å². The number of benzene rings is 2. The molecule has 0 aliphatic carbocycles. The zero-order valence-corrected chi connectivity index (χ0v) is 11.7. The first-order valence-corrected chi connectivity index (χ1v) is 6.58. The van der Waals surface area contributed by atoms with E-state index in [9.17, 15) is 4.39 Å². The molecule has 0 aliphatic rings. The van der Waals surface area contributed by atoms with E-state index in [2.05, 4.69) is 18.3 Å². The van der Waals surface area contributed by atoms with Crippen LogP contribution in [0.2, 0.25) is 0 Å². The summed E-state index contributed by atoms with van der Waals surface area (Å²) in [6.45, 7) is 4.64. The lowest BCUT2D eigenvalue weighted by Gasteiger charge is -2.15. The minimum atomic E-state index is -0.210. The molecule has 102 valence electrons. The number of hydrogen-bond acceptors (Lipinski definition) is 2. The molecule has 2 aromatic rings. The Labute approximate surface area is 118 Å². The lowest BCUT2D eigenvalue weighted by atomic mass is 10.0. The molecule has 1 N–H and O–H groups in total. The maximum Gasteiger partial charge on any atom is 0.123 e. The number of hydrogen-bond donors (Lipinski definition) is 1. The van der Waals surface area contributed by atoms with Crippen molar-refractivity contribution in [2.75, 3.05) is 0 Å². The van der Waals surface area contributed by atoms with E-state index in [4.69, 9.17) is 5.26 Å². The first-order chi connectivity index (χ1) is 9.60. The molecule has 2 aromatic carbocycles. The molecule has 0 saturated carbocycles. The van der Waals surface area contributed by atoms with E-state index in [-0.39, 0.29) is 11.9 Å². The Morgan fingerprint density at radius 1 is 1.20 bits per heavy atom. The van der Waals surface area contributed by atoms with Crippen LogP contribution in [0, 0.1) is 24.1 Å². The third-order valence-corrected chi connectivity index (χ3v) is 3.45. The van der Waals surface area contributed by atoms with Gasteiger partial charge in [0.25, 0.3) is 0 Å².